The van der Waals surface area contributed by atoms with Crippen molar-refractivity contribution in [1.82, 2.24) is 9.88 Å². The van der Waals surface area contributed by atoms with Crippen molar-refractivity contribution in [2.24, 2.45) is 0 Å². The standard InChI is InChI=1S/C17H24FN3O/c1-4-13(2)22-16-6-5-14(12-20-16)15(11-19)21-9-7-17(3,18)8-10-21/h5-6,12-13,15H,4,7-10H2,1-3H3. The Bertz CT molecular complexity index is 514. The van der Waals surface area contributed by atoms with Crippen molar-refractivity contribution < 1.29 is 9.13 Å². The zero-order chi connectivity index (χ0) is 16.2. The van der Waals surface area contributed by atoms with Gasteiger partial charge in [0.2, 0.25) is 5.88 Å². The summed E-state index contributed by atoms with van der Waals surface area (Å²) < 4.78 is 19.5. The van der Waals surface area contributed by atoms with E-state index >= 15 is 0 Å². The fourth-order valence-corrected chi connectivity index (χ4v) is 2.53. The maximum Gasteiger partial charge on any atom is 0.213 e. The van der Waals surface area contributed by atoms with Crippen LogP contribution in [0.15, 0.2) is 18.3 Å². The molecule has 0 saturated carbocycles. The number of alkyl halides is 1. The highest BCUT2D eigenvalue weighted by Crippen LogP contribution is 2.31. The molecule has 0 aliphatic carbocycles. The molecule has 2 unspecified atom stereocenters. The highest BCUT2D eigenvalue weighted by atomic mass is 19.1. The smallest absolute Gasteiger partial charge is 0.213 e. The lowest BCUT2D eigenvalue weighted by Gasteiger charge is -2.36. The molecule has 0 spiro atoms. The van der Waals surface area contributed by atoms with Gasteiger partial charge in [-0.15, -0.1) is 0 Å². The predicted molar refractivity (Wildman–Crippen MR) is 83.3 cm³/mol. The number of nitrogens with zero attached hydrogens (tertiary/aromatic N) is 3. The molecule has 1 aliphatic heterocycles. The Kier molecular flexibility index (Phi) is 5.36. The molecule has 1 aromatic rings. The molecule has 22 heavy (non-hydrogen) atoms. The summed E-state index contributed by atoms with van der Waals surface area (Å²) in [6.45, 7) is 6.87. The van der Waals surface area contributed by atoms with Crippen LogP contribution in [0.3, 0.4) is 0 Å². The van der Waals surface area contributed by atoms with E-state index in [-0.39, 0.29) is 12.1 Å². The first kappa shape index (κ1) is 16.7. The maximum atomic E-state index is 13.9. The molecule has 2 rings (SSSR count). The third kappa shape index (κ3) is 4.17. The predicted octanol–water partition coefficient (Wildman–Crippen LogP) is 3.65. The van der Waals surface area contributed by atoms with Gasteiger partial charge in [0.25, 0.3) is 0 Å². The first-order valence-electron chi connectivity index (χ1n) is 7.90. The lowest BCUT2D eigenvalue weighted by atomic mass is 9.94. The summed E-state index contributed by atoms with van der Waals surface area (Å²) in [6.07, 6.45) is 3.66. The largest absolute Gasteiger partial charge is 0.475 e. The number of hydrogen-bond donors (Lipinski definition) is 0. The van der Waals surface area contributed by atoms with Crippen molar-refractivity contribution in [2.75, 3.05) is 13.1 Å². The number of likely N-dealkylation sites (tertiary alicyclic amines) is 1. The Morgan fingerprint density at radius 3 is 2.64 bits per heavy atom. The molecule has 1 aliphatic rings. The molecule has 4 nitrogen and oxygen atoms in total. The lowest BCUT2D eigenvalue weighted by Crippen LogP contribution is -2.41. The Morgan fingerprint density at radius 2 is 2.14 bits per heavy atom. The Morgan fingerprint density at radius 1 is 1.45 bits per heavy atom. The van der Waals surface area contributed by atoms with Gasteiger partial charge in [-0.1, -0.05) is 6.92 Å². The van der Waals surface area contributed by atoms with E-state index in [1.807, 2.05) is 17.9 Å². The molecule has 120 valence electrons. The van der Waals surface area contributed by atoms with Gasteiger partial charge in [0.15, 0.2) is 0 Å². The highest BCUT2D eigenvalue weighted by Gasteiger charge is 2.33. The molecule has 0 aromatic carbocycles. The van der Waals surface area contributed by atoms with Crippen molar-refractivity contribution in [3.63, 3.8) is 0 Å². The summed E-state index contributed by atoms with van der Waals surface area (Å²) in [7, 11) is 0. The van der Waals surface area contributed by atoms with Crippen LogP contribution in [0.2, 0.25) is 0 Å². The number of piperidine rings is 1. The number of ether oxygens (including phenoxy) is 1. The zero-order valence-corrected chi connectivity index (χ0v) is 13.6. The second-order valence-corrected chi connectivity index (χ2v) is 6.25. The van der Waals surface area contributed by atoms with Crippen molar-refractivity contribution in [3.05, 3.63) is 23.9 Å². The normalized spacial score (nSPS) is 20.9. The molecule has 1 saturated heterocycles. The molecule has 0 bridgehead atoms. The van der Waals surface area contributed by atoms with Crippen LogP contribution in [0.5, 0.6) is 5.88 Å². The average Bonchev–Trinajstić information content (AvgIpc) is 2.51. The zero-order valence-electron chi connectivity index (χ0n) is 13.6. The third-order valence-electron chi connectivity index (χ3n) is 4.30. The molecule has 2 heterocycles. The van der Waals surface area contributed by atoms with Crippen molar-refractivity contribution in [3.8, 4) is 11.9 Å². The van der Waals surface area contributed by atoms with E-state index < -0.39 is 5.67 Å². The van der Waals surface area contributed by atoms with Crippen LogP contribution in [-0.4, -0.2) is 34.7 Å². The number of nitriles is 1. The lowest BCUT2D eigenvalue weighted by molar-refractivity contribution is 0.0623. The van der Waals surface area contributed by atoms with E-state index in [0.717, 1.165) is 12.0 Å². The first-order valence-corrected chi connectivity index (χ1v) is 7.90. The van der Waals surface area contributed by atoms with Crippen LogP contribution >= 0.6 is 0 Å². The summed E-state index contributed by atoms with van der Waals surface area (Å²) in [6, 6.07) is 5.61. The molecule has 0 radical (unpaired) electrons. The van der Waals surface area contributed by atoms with Crippen molar-refractivity contribution in [1.29, 1.82) is 5.26 Å². The number of aromatic nitrogens is 1. The van der Waals surface area contributed by atoms with Crippen molar-refractivity contribution >= 4 is 0 Å². The van der Waals surface area contributed by atoms with Gasteiger partial charge in [0.05, 0.1) is 12.2 Å². The van der Waals surface area contributed by atoms with E-state index in [1.54, 1.807) is 19.2 Å². The van der Waals surface area contributed by atoms with Crippen LogP contribution < -0.4 is 4.74 Å². The van der Waals surface area contributed by atoms with Gasteiger partial charge in [0.1, 0.15) is 11.7 Å². The SMILES string of the molecule is CCC(C)Oc1ccc(C(C#N)N2CCC(C)(F)CC2)cn1. The number of halogens is 1. The average molecular weight is 305 g/mol. The minimum Gasteiger partial charge on any atom is -0.475 e. The van der Waals surface area contributed by atoms with Crippen LogP contribution in [0, 0.1) is 11.3 Å². The number of pyridine rings is 1. The molecule has 0 amide bonds. The summed E-state index contributed by atoms with van der Waals surface area (Å²) in [4.78, 5) is 6.31. The van der Waals surface area contributed by atoms with Gasteiger partial charge in [0, 0.05) is 30.9 Å². The quantitative estimate of drug-likeness (QED) is 0.833. The molecule has 1 fully saturated rings. The minimum atomic E-state index is -1.11. The van der Waals surface area contributed by atoms with Gasteiger partial charge < -0.3 is 4.74 Å². The van der Waals surface area contributed by atoms with E-state index in [9.17, 15) is 9.65 Å². The Hall–Kier alpha value is -1.67. The van der Waals surface area contributed by atoms with Crippen LogP contribution in [0.1, 0.15) is 51.6 Å². The second kappa shape index (κ2) is 7.06. The van der Waals surface area contributed by atoms with Gasteiger partial charge >= 0.3 is 0 Å². The first-order chi connectivity index (χ1) is 10.4. The second-order valence-electron chi connectivity index (χ2n) is 6.25. The van der Waals surface area contributed by atoms with E-state index in [0.29, 0.717) is 31.8 Å². The summed E-state index contributed by atoms with van der Waals surface area (Å²) >= 11 is 0. The van der Waals surface area contributed by atoms with Crippen LogP contribution in [0.25, 0.3) is 0 Å². The molecular formula is C17H24FN3O. The van der Waals surface area contributed by atoms with Crippen LogP contribution in [0.4, 0.5) is 4.39 Å². The van der Waals surface area contributed by atoms with Crippen LogP contribution in [-0.2, 0) is 0 Å². The molecule has 2 atom stereocenters. The maximum absolute atomic E-state index is 13.9. The van der Waals surface area contributed by atoms with Gasteiger partial charge in [-0.25, -0.2) is 9.37 Å². The monoisotopic (exact) mass is 305 g/mol. The fourth-order valence-electron chi connectivity index (χ4n) is 2.53. The van der Waals surface area contributed by atoms with Gasteiger partial charge in [-0.05, 0) is 39.2 Å². The summed E-state index contributed by atoms with van der Waals surface area (Å²) in [5.74, 6) is 0.574. The minimum absolute atomic E-state index is 0.120. The third-order valence-corrected chi connectivity index (χ3v) is 4.30. The molecule has 1 aromatic heterocycles. The number of rotatable bonds is 5. The Balaban J connectivity index is 2.04. The topological polar surface area (TPSA) is 49.1 Å². The van der Waals surface area contributed by atoms with Gasteiger partial charge in [-0.3, -0.25) is 4.90 Å². The van der Waals surface area contributed by atoms with E-state index in [1.165, 1.54) is 0 Å². The van der Waals surface area contributed by atoms with Gasteiger partial charge in [-0.2, -0.15) is 5.26 Å². The molecule has 0 N–H and O–H groups in total. The number of hydrogen-bond acceptors (Lipinski definition) is 4. The summed E-state index contributed by atoms with van der Waals surface area (Å²) in [5, 5.41) is 9.47. The van der Waals surface area contributed by atoms with E-state index in [4.69, 9.17) is 4.74 Å². The van der Waals surface area contributed by atoms with Crippen molar-refractivity contribution in [2.45, 2.75) is 57.8 Å². The highest BCUT2D eigenvalue weighted by molar-refractivity contribution is 5.25. The molecule has 5 heteroatoms. The fraction of sp³-hybridized carbons (Fsp3) is 0.647. The Labute approximate surface area is 131 Å². The molecular weight excluding hydrogens is 281 g/mol. The van der Waals surface area contributed by atoms with E-state index in [2.05, 4.69) is 18.0 Å². The summed E-state index contributed by atoms with van der Waals surface area (Å²) in [5.41, 5.74) is -0.274.